The van der Waals surface area contributed by atoms with Crippen molar-refractivity contribution in [1.29, 1.82) is 0 Å². The number of rotatable bonds is 7. The first kappa shape index (κ1) is 14.1. The molecule has 1 aromatic heterocycles. The van der Waals surface area contributed by atoms with E-state index in [2.05, 4.69) is 10.3 Å². The van der Waals surface area contributed by atoms with Gasteiger partial charge in [-0.25, -0.2) is 4.98 Å². The summed E-state index contributed by atoms with van der Waals surface area (Å²) in [5.74, 6) is 1.46. The Bertz CT molecular complexity index is 593. The summed E-state index contributed by atoms with van der Waals surface area (Å²) in [4.78, 5) is 16.3. The zero-order valence-corrected chi connectivity index (χ0v) is 12.6. The molecule has 1 N–H and O–H groups in total. The van der Waals surface area contributed by atoms with Gasteiger partial charge in [-0.05, 0) is 25.0 Å². The molecule has 1 fully saturated rings. The monoisotopic (exact) mass is 302 g/mol. The Kier molecular flexibility index (Phi) is 4.50. The molecule has 2 aromatic rings. The van der Waals surface area contributed by atoms with Crippen molar-refractivity contribution in [3.8, 4) is 5.75 Å². The summed E-state index contributed by atoms with van der Waals surface area (Å²) < 4.78 is 5.50. The van der Waals surface area contributed by atoms with Crippen molar-refractivity contribution in [3.63, 3.8) is 0 Å². The Morgan fingerprint density at radius 3 is 2.90 bits per heavy atom. The van der Waals surface area contributed by atoms with Crippen LogP contribution in [-0.4, -0.2) is 17.5 Å². The number of carbonyl (C=O) groups excluding carboxylic acids is 1. The fraction of sp³-hybridized carbons (Fsp3) is 0.375. The Labute approximate surface area is 128 Å². The molecule has 5 heteroatoms. The van der Waals surface area contributed by atoms with Crippen LogP contribution in [0.15, 0.2) is 35.7 Å². The molecule has 110 valence electrons. The second-order valence-corrected chi connectivity index (χ2v) is 6.03. The van der Waals surface area contributed by atoms with Crippen molar-refractivity contribution in [2.24, 2.45) is 0 Å². The van der Waals surface area contributed by atoms with E-state index in [4.69, 9.17) is 4.74 Å². The fourth-order valence-corrected chi connectivity index (χ4v) is 2.97. The highest BCUT2D eigenvalue weighted by Gasteiger charge is 2.26. The molecule has 3 rings (SSSR count). The van der Waals surface area contributed by atoms with Crippen LogP contribution in [-0.2, 0) is 11.3 Å². The number of hydrogen-bond donors (Lipinski definition) is 1. The van der Waals surface area contributed by atoms with Gasteiger partial charge in [-0.1, -0.05) is 18.2 Å². The third-order valence-corrected chi connectivity index (χ3v) is 4.36. The van der Waals surface area contributed by atoms with Gasteiger partial charge in [0.25, 0.3) is 0 Å². The number of ether oxygens (including phenoxy) is 1. The second-order valence-electron chi connectivity index (χ2n) is 5.14. The largest absolute Gasteiger partial charge is 0.493 e. The van der Waals surface area contributed by atoms with Crippen LogP contribution in [0.5, 0.6) is 5.75 Å². The molecule has 0 aliphatic heterocycles. The number of thiazole rings is 1. The van der Waals surface area contributed by atoms with Crippen LogP contribution in [0, 0.1) is 0 Å². The van der Waals surface area contributed by atoms with Gasteiger partial charge >= 0.3 is 0 Å². The molecule has 0 saturated heterocycles. The van der Waals surface area contributed by atoms with Gasteiger partial charge in [0.15, 0.2) is 0 Å². The minimum Gasteiger partial charge on any atom is -0.493 e. The highest BCUT2D eigenvalue weighted by Crippen LogP contribution is 2.41. The third kappa shape index (κ3) is 4.29. The molecule has 0 unspecified atom stereocenters. The molecule has 1 amide bonds. The lowest BCUT2D eigenvalue weighted by Crippen LogP contribution is -2.24. The highest BCUT2D eigenvalue weighted by atomic mass is 32.1. The molecule has 21 heavy (non-hydrogen) atoms. The van der Waals surface area contributed by atoms with Crippen LogP contribution in [0.4, 0.5) is 0 Å². The number of hydrogen-bond acceptors (Lipinski definition) is 4. The standard InChI is InChI=1S/C16H18N2O2S/c19-15(8-9-20-14-4-2-1-3-5-14)17-10-13-11-21-16(18-13)12-6-7-12/h1-5,11-12H,6-10H2,(H,17,19). The summed E-state index contributed by atoms with van der Waals surface area (Å²) >= 11 is 1.70. The summed E-state index contributed by atoms with van der Waals surface area (Å²) in [7, 11) is 0. The molecule has 1 heterocycles. The molecule has 4 nitrogen and oxygen atoms in total. The maximum absolute atomic E-state index is 11.7. The third-order valence-electron chi connectivity index (χ3n) is 3.30. The predicted molar refractivity (Wildman–Crippen MR) is 82.5 cm³/mol. The van der Waals surface area contributed by atoms with Crippen LogP contribution in [0.1, 0.15) is 35.9 Å². The van der Waals surface area contributed by atoms with Crippen LogP contribution < -0.4 is 10.1 Å². The number of nitrogens with zero attached hydrogens (tertiary/aromatic N) is 1. The molecule has 0 atom stereocenters. The minimum absolute atomic E-state index is 0.00750. The van der Waals surface area contributed by atoms with E-state index in [9.17, 15) is 4.79 Å². The van der Waals surface area contributed by atoms with Gasteiger partial charge in [-0.2, -0.15) is 0 Å². The van der Waals surface area contributed by atoms with Crippen molar-refractivity contribution < 1.29 is 9.53 Å². The van der Waals surface area contributed by atoms with Crippen molar-refractivity contribution in [2.45, 2.75) is 31.7 Å². The van der Waals surface area contributed by atoms with Gasteiger partial charge in [-0.3, -0.25) is 4.79 Å². The quantitative estimate of drug-likeness (QED) is 0.855. The van der Waals surface area contributed by atoms with Crippen molar-refractivity contribution in [3.05, 3.63) is 46.4 Å². The van der Waals surface area contributed by atoms with Crippen molar-refractivity contribution in [1.82, 2.24) is 10.3 Å². The number of carbonyl (C=O) groups is 1. The SMILES string of the molecule is O=C(CCOc1ccccc1)NCc1csc(C2CC2)n1. The van der Waals surface area contributed by atoms with Crippen LogP contribution >= 0.6 is 11.3 Å². The maximum atomic E-state index is 11.7. The summed E-state index contributed by atoms with van der Waals surface area (Å²) in [5.41, 5.74) is 0.958. The van der Waals surface area contributed by atoms with E-state index >= 15 is 0 Å². The van der Waals surface area contributed by atoms with E-state index in [1.807, 2.05) is 35.7 Å². The summed E-state index contributed by atoms with van der Waals surface area (Å²) in [6.07, 6.45) is 2.88. The lowest BCUT2D eigenvalue weighted by atomic mass is 10.3. The van der Waals surface area contributed by atoms with Crippen LogP contribution in [0.2, 0.25) is 0 Å². The number of benzene rings is 1. The average molecular weight is 302 g/mol. The molecule has 0 spiro atoms. The van der Waals surface area contributed by atoms with Gasteiger partial charge in [0.05, 0.1) is 30.3 Å². The number of aromatic nitrogens is 1. The zero-order valence-electron chi connectivity index (χ0n) is 11.7. The average Bonchev–Trinajstić information content (AvgIpc) is 3.25. The second kappa shape index (κ2) is 6.72. The smallest absolute Gasteiger partial charge is 0.223 e. The minimum atomic E-state index is -0.00750. The van der Waals surface area contributed by atoms with Crippen molar-refractivity contribution >= 4 is 17.2 Å². The Hall–Kier alpha value is -1.88. The maximum Gasteiger partial charge on any atom is 0.223 e. The molecule has 1 saturated carbocycles. The van der Waals surface area contributed by atoms with Crippen molar-refractivity contribution in [2.75, 3.05) is 6.61 Å². The lowest BCUT2D eigenvalue weighted by Gasteiger charge is -2.06. The van der Waals surface area contributed by atoms with Gasteiger partial charge in [0, 0.05) is 11.3 Å². The lowest BCUT2D eigenvalue weighted by molar-refractivity contribution is -0.121. The van der Waals surface area contributed by atoms with Crippen LogP contribution in [0.25, 0.3) is 0 Å². The van der Waals surface area contributed by atoms with E-state index in [-0.39, 0.29) is 5.91 Å². The molecule has 0 radical (unpaired) electrons. The van der Waals surface area contributed by atoms with E-state index in [1.54, 1.807) is 11.3 Å². The summed E-state index contributed by atoms with van der Waals surface area (Å²) in [5, 5.41) is 6.13. The van der Waals surface area contributed by atoms with Gasteiger partial charge in [0.1, 0.15) is 5.75 Å². The summed E-state index contributed by atoms with van der Waals surface area (Å²) in [6.45, 7) is 0.896. The Morgan fingerprint density at radius 1 is 1.33 bits per heavy atom. The zero-order chi connectivity index (χ0) is 14.5. The molecule has 1 aromatic carbocycles. The fourth-order valence-electron chi connectivity index (χ4n) is 1.98. The normalized spacial score (nSPS) is 13.9. The molecule has 0 bridgehead atoms. The van der Waals surface area contributed by atoms with Crippen LogP contribution in [0.3, 0.4) is 0 Å². The first-order chi connectivity index (χ1) is 10.3. The Balaban J connectivity index is 1.35. The van der Waals surface area contributed by atoms with E-state index < -0.39 is 0 Å². The topological polar surface area (TPSA) is 51.2 Å². The van der Waals surface area contributed by atoms with E-state index in [0.717, 1.165) is 11.4 Å². The molecular weight excluding hydrogens is 284 g/mol. The molecular formula is C16H18N2O2S. The molecule has 1 aliphatic rings. The predicted octanol–water partition coefficient (Wildman–Crippen LogP) is 3.11. The van der Waals surface area contributed by atoms with E-state index in [0.29, 0.717) is 25.5 Å². The first-order valence-electron chi connectivity index (χ1n) is 7.20. The summed E-state index contributed by atoms with van der Waals surface area (Å²) in [6, 6.07) is 9.52. The Morgan fingerprint density at radius 2 is 2.14 bits per heavy atom. The van der Waals surface area contributed by atoms with Gasteiger partial charge in [-0.15, -0.1) is 11.3 Å². The number of nitrogens with one attached hydrogen (secondary N) is 1. The van der Waals surface area contributed by atoms with E-state index in [1.165, 1.54) is 17.8 Å². The first-order valence-corrected chi connectivity index (χ1v) is 8.08. The highest BCUT2D eigenvalue weighted by molar-refractivity contribution is 7.09. The number of para-hydroxylation sites is 1. The van der Waals surface area contributed by atoms with Gasteiger partial charge in [0.2, 0.25) is 5.91 Å². The number of amides is 1. The molecule has 1 aliphatic carbocycles. The van der Waals surface area contributed by atoms with Gasteiger partial charge < -0.3 is 10.1 Å².